The number of H-pyrrole nitrogens is 1. The summed E-state index contributed by atoms with van der Waals surface area (Å²) < 4.78 is 42.5. The van der Waals surface area contributed by atoms with Crippen LogP contribution in [0.15, 0.2) is 28.7 Å². The van der Waals surface area contributed by atoms with Crippen LogP contribution in [0.1, 0.15) is 26.4 Å². The quantitative estimate of drug-likeness (QED) is 0.508. The molecule has 3 aliphatic rings. The van der Waals surface area contributed by atoms with E-state index in [-0.39, 0.29) is 22.2 Å². The summed E-state index contributed by atoms with van der Waals surface area (Å²) >= 11 is 3.18. The van der Waals surface area contributed by atoms with Gasteiger partial charge >= 0.3 is 6.18 Å². The van der Waals surface area contributed by atoms with Gasteiger partial charge in [0, 0.05) is 31.7 Å². The summed E-state index contributed by atoms with van der Waals surface area (Å²) in [5, 5.41) is 10.5. The van der Waals surface area contributed by atoms with Crippen molar-refractivity contribution in [2.75, 3.05) is 32.8 Å². The summed E-state index contributed by atoms with van der Waals surface area (Å²) in [7, 11) is 0. The number of hydrogen-bond acceptors (Lipinski definition) is 6. The molecule has 3 fully saturated rings. The van der Waals surface area contributed by atoms with Gasteiger partial charge in [-0.3, -0.25) is 14.7 Å². The molecule has 13 heteroatoms. The van der Waals surface area contributed by atoms with Crippen LogP contribution in [-0.2, 0) is 0 Å². The monoisotopic (exact) mass is 578 g/mol. The van der Waals surface area contributed by atoms with Crippen molar-refractivity contribution >= 4 is 38.8 Å². The predicted octanol–water partition coefficient (Wildman–Crippen LogP) is 3.46. The second-order valence-corrected chi connectivity index (χ2v) is 10.8. The first-order valence-corrected chi connectivity index (χ1v) is 12.6. The zero-order valence-corrected chi connectivity index (χ0v) is 21.2. The number of benzene rings is 1. The van der Waals surface area contributed by atoms with Crippen LogP contribution in [0.3, 0.4) is 0 Å². The number of rotatable bonds is 4. The molecule has 3 aromatic rings. The van der Waals surface area contributed by atoms with Gasteiger partial charge in [-0.15, -0.1) is 5.10 Å². The third-order valence-electron chi connectivity index (χ3n) is 7.81. The van der Waals surface area contributed by atoms with Crippen LogP contribution in [0.2, 0.25) is 0 Å². The number of likely N-dealkylation sites (tertiary alicyclic amines) is 2. The number of alkyl halides is 3. The van der Waals surface area contributed by atoms with Crippen molar-refractivity contribution in [3.8, 4) is 5.88 Å². The van der Waals surface area contributed by atoms with E-state index in [1.165, 1.54) is 6.07 Å². The summed E-state index contributed by atoms with van der Waals surface area (Å²) in [5.74, 6) is 0.888. The first-order chi connectivity index (χ1) is 17.6. The highest BCUT2D eigenvalue weighted by atomic mass is 79.9. The Hall–Kier alpha value is -3.22. The number of aromatic amines is 1. The smallest absolute Gasteiger partial charge is 0.422 e. The van der Waals surface area contributed by atoms with Gasteiger partial charge in [0.25, 0.3) is 11.8 Å². The minimum atomic E-state index is -4.48. The Morgan fingerprint density at radius 3 is 2.30 bits per heavy atom. The van der Waals surface area contributed by atoms with E-state index >= 15 is 0 Å². The van der Waals surface area contributed by atoms with Crippen molar-refractivity contribution in [3.05, 3.63) is 45.6 Å². The number of aryl methyl sites for hydroxylation is 1. The molecule has 0 bridgehead atoms. The molecule has 0 unspecified atom stereocenters. The molecule has 4 heterocycles. The first-order valence-electron chi connectivity index (χ1n) is 11.8. The second-order valence-electron chi connectivity index (χ2n) is 9.93. The summed E-state index contributed by atoms with van der Waals surface area (Å²) in [6, 6.07) is 6.80. The first kappa shape index (κ1) is 24.1. The molecule has 2 aromatic heterocycles. The van der Waals surface area contributed by atoms with Gasteiger partial charge in [-0.1, -0.05) is 5.21 Å². The number of halogens is 4. The van der Waals surface area contributed by atoms with Gasteiger partial charge in [-0.2, -0.15) is 13.2 Å². The van der Waals surface area contributed by atoms with E-state index in [1.54, 1.807) is 30.0 Å². The Kier molecular flexibility index (Phi) is 5.66. The van der Waals surface area contributed by atoms with Gasteiger partial charge in [0.1, 0.15) is 5.52 Å². The molecule has 4 atom stereocenters. The van der Waals surface area contributed by atoms with Gasteiger partial charge in [0.2, 0.25) is 5.88 Å². The highest BCUT2D eigenvalue weighted by Crippen LogP contribution is 2.54. The van der Waals surface area contributed by atoms with E-state index in [4.69, 9.17) is 4.74 Å². The van der Waals surface area contributed by atoms with E-state index in [0.29, 0.717) is 72.2 Å². The molecule has 2 amide bonds. The third kappa shape index (κ3) is 4.22. The number of carbonyl (C=O) groups is 2. The normalized spacial score (nSPS) is 24.7. The second kappa shape index (κ2) is 8.67. The van der Waals surface area contributed by atoms with E-state index in [9.17, 15) is 22.8 Å². The number of nitrogens with zero attached hydrogens (tertiary/aromatic N) is 5. The number of amides is 2. The summed E-state index contributed by atoms with van der Waals surface area (Å²) in [6.45, 7) is 2.60. The fourth-order valence-corrected chi connectivity index (χ4v) is 6.49. The van der Waals surface area contributed by atoms with Gasteiger partial charge in [0.15, 0.2) is 6.61 Å². The molecule has 6 rings (SSSR count). The minimum absolute atomic E-state index is 0.0234. The topological polar surface area (TPSA) is 104 Å². The van der Waals surface area contributed by atoms with Crippen molar-refractivity contribution in [1.82, 2.24) is 30.2 Å². The van der Waals surface area contributed by atoms with Crippen molar-refractivity contribution in [2.24, 2.45) is 23.7 Å². The Balaban J connectivity index is 1.10. The maximum Gasteiger partial charge on any atom is 0.422 e. The number of pyridine rings is 1. The zero-order valence-electron chi connectivity index (χ0n) is 19.6. The Morgan fingerprint density at radius 2 is 1.68 bits per heavy atom. The van der Waals surface area contributed by atoms with E-state index < -0.39 is 12.8 Å². The number of fused-ring (bicyclic) bond motifs is 5. The van der Waals surface area contributed by atoms with Gasteiger partial charge in [-0.25, -0.2) is 4.98 Å². The van der Waals surface area contributed by atoms with Crippen LogP contribution in [0.4, 0.5) is 13.2 Å². The number of nitrogens with one attached hydrogen (secondary N) is 1. The molecule has 2 saturated heterocycles. The molecule has 0 radical (unpaired) electrons. The molecule has 2 aliphatic heterocycles. The van der Waals surface area contributed by atoms with Gasteiger partial charge < -0.3 is 14.5 Å². The largest absolute Gasteiger partial charge is 0.467 e. The van der Waals surface area contributed by atoms with Crippen molar-refractivity contribution in [2.45, 2.75) is 13.1 Å². The van der Waals surface area contributed by atoms with Crippen LogP contribution in [0.25, 0.3) is 11.0 Å². The highest BCUT2D eigenvalue weighted by molar-refractivity contribution is 9.10. The standard InChI is InChI=1S/C24H22BrF3N6O3/c1-11-13(5-18(25)21(29-11)37-10-24(26,27)28)23(36)34-8-16-14-6-33(7-15(14)17(16)9-34)22(35)12-2-3-19-20(4-12)31-32-30-19/h2-5,14-17H,6-10H2,1H3,(H,30,31,32)/t14-,15+,16+,17-. The van der Waals surface area contributed by atoms with Crippen LogP contribution in [-0.4, -0.2) is 81.0 Å². The van der Waals surface area contributed by atoms with Crippen LogP contribution in [0.5, 0.6) is 5.88 Å². The molecule has 1 aromatic carbocycles. The highest BCUT2D eigenvalue weighted by Gasteiger charge is 2.59. The Morgan fingerprint density at radius 1 is 1.05 bits per heavy atom. The van der Waals surface area contributed by atoms with Crippen molar-refractivity contribution in [1.29, 1.82) is 0 Å². The zero-order chi connectivity index (χ0) is 26.1. The molecule has 194 valence electrons. The van der Waals surface area contributed by atoms with Crippen molar-refractivity contribution in [3.63, 3.8) is 0 Å². The van der Waals surface area contributed by atoms with Gasteiger partial charge in [0.05, 0.1) is 21.2 Å². The lowest BCUT2D eigenvalue weighted by atomic mass is 9.60. The molecular weight excluding hydrogens is 557 g/mol. The number of hydrogen-bond donors (Lipinski definition) is 1. The summed E-state index contributed by atoms with van der Waals surface area (Å²) in [5.41, 5.74) is 2.65. The molecule has 9 nitrogen and oxygen atoms in total. The minimum Gasteiger partial charge on any atom is -0.467 e. The lowest BCUT2D eigenvalue weighted by Crippen LogP contribution is -2.44. The third-order valence-corrected chi connectivity index (χ3v) is 8.38. The van der Waals surface area contributed by atoms with Crippen LogP contribution in [0, 0.1) is 30.6 Å². The average molecular weight is 579 g/mol. The lowest BCUT2D eigenvalue weighted by Gasteiger charge is -2.42. The van der Waals surface area contributed by atoms with Crippen LogP contribution < -0.4 is 4.74 Å². The van der Waals surface area contributed by atoms with Gasteiger partial charge in [-0.05, 0) is 70.8 Å². The molecule has 1 saturated carbocycles. The van der Waals surface area contributed by atoms with E-state index in [2.05, 4.69) is 36.3 Å². The average Bonchev–Trinajstić information content (AvgIpc) is 3.56. The number of carbonyl (C=O) groups excluding carboxylic acids is 2. The molecule has 1 aliphatic carbocycles. The maximum atomic E-state index is 13.3. The van der Waals surface area contributed by atoms with Crippen LogP contribution >= 0.6 is 15.9 Å². The number of ether oxygens (including phenoxy) is 1. The molecule has 0 spiro atoms. The summed E-state index contributed by atoms with van der Waals surface area (Å²) in [6.07, 6.45) is -4.48. The SMILES string of the molecule is Cc1nc(OCC(F)(F)F)c(Br)cc1C(=O)N1C[C@@H]2[C@H]3CN(C(=O)c4ccc5[nH]nnc5c4)C[C@H]3[C@@H]2C1. The van der Waals surface area contributed by atoms with E-state index in [0.717, 1.165) is 5.52 Å². The maximum absolute atomic E-state index is 13.3. The molecular formula is C24H22BrF3N6O3. The lowest BCUT2D eigenvalue weighted by molar-refractivity contribution is -0.154. The predicted molar refractivity (Wildman–Crippen MR) is 128 cm³/mol. The fraction of sp³-hybridized carbons (Fsp3) is 0.458. The Labute approximate surface area is 217 Å². The molecule has 1 N–H and O–H groups in total. The van der Waals surface area contributed by atoms with Crippen molar-refractivity contribution < 1.29 is 27.5 Å². The number of aromatic nitrogens is 4. The van der Waals surface area contributed by atoms with E-state index in [1.807, 2.05) is 4.90 Å². The fourth-order valence-electron chi connectivity index (χ4n) is 6.06. The Bertz CT molecular complexity index is 1390. The summed E-state index contributed by atoms with van der Waals surface area (Å²) in [4.78, 5) is 34.2. The molecule has 37 heavy (non-hydrogen) atoms.